The summed E-state index contributed by atoms with van der Waals surface area (Å²) in [5, 5.41) is 11.0. The Labute approximate surface area is 104 Å². The second-order valence-electron chi connectivity index (χ2n) is 6.79. The molecule has 2 N–H and O–H groups in total. The molecule has 100 valence electrons. The van der Waals surface area contributed by atoms with E-state index in [-0.39, 0.29) is 29.2 Å². The summed E-state index contributed by atoms with van der Waals surface area (Å²) >= 11 is 0. The van der Waals surface area contributed by atoms with Crippen molar-refractivity contribution < 1.29 is 14.7 Å². The lowest BCUT2D eigenvalue weighted by Crippen LogP contribution is -2.41. The first kappa shape index (κ1) is 15.9. The van der Waals surface area contributed by atoms with Gasteiger partial charge in [-0.2, -0.15) is 0 Å². The molecule has 4 nitrogen and oxygen atoms in total. The molecule has 0 aromatic heterocycles. The van der Waals surface area contributed by atoms with Crippen LogP contribution in [-0.4, -0.2) is 23.5 Å². The van der Waals surface area contributed by atoms with Crippen molar-refractivity contribution in [3.63, 3.8) is 0 Å². The zero-order chi connectivity index (χ0) is 13.9. The third-order valence-electron chi connectivity index (χ3n) is 2.59. The summed E-state index contributed by atoms with van der Waals surface area (Å²) in [6.07, 6.45) is 0.738. The van der Waals surface area contributed by atoms with Crippen LogP contribution in [0.1, 0.15) is 48.0 Å². The molecule has 0 bridgehead atoms. The molecule has 0 saturated carbocycles. The average Bonchev–Trinajstić information content (AvgIpc) is 2.07. The molecule has 17 heavy (non-hydrogen) atoms. The van der Waals surface area contributed by atoms with Crippen LogP contribution in [0, 0.1) is 16.7 Å². The van der Waals surface area contributed by atoms with Gasteiger partial charge in [0.2, 0.25) is 5.91 Å². The SMILES string of the molecule is CC(C)(C)CC(C(=O)NCC(=O)O)C(C)(C)C. The van der Waals surface area contributed by atoms with E-state index >= 15 is 0 Å². The Hall–Kier alpha value is -1.06. The largest absolute Gasteiger partial charge is 0.480 e. The minimum Gasteiger partial charge on any atom is -0.480 e. The van der Waals surface area contributed by atoms with Crippen LogP contribution in [0.25, 0.3) is 0 Å². The fourth-order valence-corrected chi connectivity index (χ4v) is 1.69. The Morgan fingerprint density at radius 2 is 1.59 bits per heavy atom. The first-order chi connectivity index (χ1) is 7.43. The highest BCUT2D eigenvalue weighted by Crippen LogP contribution is 2.35. The molecule has 0 aliphatic rings. The second kappa shape index (κ2) is 5.52. The van der Waals surface area contributed by atoms with Crippen LogP contribution < -0.4 is 5.32 Å². The minimum atomic E-state index is -1.01. The van der Waals surface area contributed by atoms with Gasteiger partial charge in [0, 0.05) is 5.92 Å². The van der Waals surface area contributed by atoms with Gasteiger partial charge in [-0.1, -0.05) is 41.5 Å². The average molecular weight is 243 g/mol. The topological polar surface area (TPSA) is 66.4 Å². The van der Waals surface area contributed by atoms with Gasteiger partial charge in [-0.25, -0.2) is 0 Å². The van der Waals surface area contributed by atoms with E-state index in [0.29, 0.717) is 0 Å². The van der Waals surface area contributed by atoms with Crippen molar-refractivity contribution in [2.45, 2.75) is 48.0 Å². The molecule has 0 rings (SSSR count). The molecule has 0 heterocycles. The number of rotatable bonds is 4. The Morgan fingerprint density at radius 1 is 1.12 bits per heavy atom. The zero-order valence-electron chi connectivity index (χ0n) is 11.8. The van der Waals surface area contributed by atoms with Gasteiger partial charge in [0.05, 0.1) is 0 Å². The van der Waals surface area contributed by atoms with E-state index in [1.54, 1.807) is 0 Å². The third kappa shape index (κ3) is 6.97. The number of aliphatic carboxylic acids is 1. The molecule has 0 aliphatic carbocycles. The monoisotopic (exact) mass is 243 g/mol. The predicted octanol–water partition coefficient (Wildman–Crippen LogP) is 2.29. The van der Waals surface area contributed by atoms with Crippen LogP contribution in [0.4, 0.5) is 0 Å². The van der Waals surface area contributed by atoms with Crippen LogP contribution >= 0.6 is 0 Å². The van der Waals surface area contributed by atoms with Crippen LogP contribution in [0.2, 0.25) is 0 Å². The molecule has 0 saturated heterocycles. The van der Waals surface area contributed by atoms with E-state index in [4.69, 9.17) is 5.11 Å². The van der Waals surface area contributed by atoms with Crippen molar-refractivity contribution in [1.29, 1.82) is 0 Å². The lowest BCUT2D eigenvalue weighted by molar-refractivity contribution is -0.139. The van der Waals surface area contributed by atoms with Crippen molar-refractivity contribution in [1.82, 2.24) is 5.32 Å². The van der Waals surface area contributed by atoms with Gasteiger partial charge in [0.25, 0.3) is 0 Å². The summed E-state index contributed by atoms with van der Waals surface area (Å²) in [7, 11) is 0. The normalized spacial score (nSPS) is 14.2. The third-order valence-corrected chi connectivity index (χ3v) is 2.59. The number of hydrogen-bond donors (Lipinski definition) is 2. The van der Waals surface area contributed by atoms with Crippen LogP contribution in [0.15, 0.2) is 0 Å². The highest BCUT2D eigenvalue weighted by molar-refractivity contribution is 5.83. The van der Waals surface area contributed by atoms with Crippen molar-refractivity contribution in [3.8, 4) is 0 Å². The van der Waals surface area contributed by atoms with Gasteiger partial charge in [-0.15, -0.1) is 0 Å². The van der Waals surface area contributed by atoms with E-state index in [0.717, 1.165) is 6.42 Å². The lowest BCUT2D eigenvalue weighted by Gasteiger charge is -2.34. The zero-order valence-corrected chi connectivity index (χ0v) is 11.8. The number of carboxylic acids is 1. The highest BCUT2D eigenvalue weighted by Gasteiger charge is 2.34. The molecular formula is C13H25NO3. The van der Waals surface area contributed by atoms with Crippen molar-refractivity contribution >= 4 is 11.9 Å². The van der Waals surface area contributed by atoms with Gasteiger partial charge < -0.3 is 10.4 Å². The summed E-state index contributed by atoms with van der Waals surface area (Å²) in [6, 6.07) is 0. The summed E-state index contributed by atoms with van der Waals surface area (Å²) < 4.78 is 0. The highest BCUT2D eigenvalue weighted by atomic mass is 16.4. The maximum atomic E-state index is 12.0. The molecule has 1 atom stereocenters. The summed E-state index contributed by atoms with van der Waals surface area (Å²) in [6.45, 7) is 11.9. The number of amides is 1. The molecule has 0 fully saturated rings. The van der Waals surface area contributed by atoms with Crippen LogP contribution in [0.5, 0.6) is 0 Å². The number of nitrogens with one attached hydrogen (secondary N) is 1. The van der Waals surface area contributed by atoms with E-state index in [1.165, 1.54) is 0 Å². The molecule has 1 unspecified atom stereocenters. The Kier molecular flexibility index (Phi) is 5.17. The summed E-state index contributed by atoms with van der Waals surface area (Å²) in [5.41, 5.74) is -0.131. The Morgan fingerprint density at radius 3 is 1.88 bits per heavy atom. The molecule has 0 spiro atoms. The van der Waals surface area contributed by atoms with E-state index in [2.05, 4.69) is 26.1 Å². The van der Waals surface area contributed by atoms with E-state index in [1.807, 2.05) is 20.8 Å². The molecule has 0 aromatic rings. The second-order valence-corrected chi connectivity index (χ2v) is 6.79. The number of hydrogen-bond acceptors (Lipinski definition) is 2. The smallest absolute Gasteiger partial charge is 0.322 e. The van der Waals surface area contributed by atoms with Crippen LogP contribution in [-0.2, 0) is 9.59 Å². The van der Waals surface area contributed by atoms with Gasteiger partial charge in [-0.3, -0.25) is 9.59 Å². The standard InChI is InChI=1S/C13H25NO3/c1-12(2,3)7-9(13(4,5)6)11(17)14-8-10(15)16/h9H,7-8H2,1-6H3,(H,14,17)(H,15,16). The molecule has 0 aromatic carbocycles. The van der Waals surface area contributed by atoms with Gasteiger partial charge in [-0.05, 0) is 17.3 Å². The molecular weight excluding hydrogens is 218 g/mol. The number of carbonyl (C=O) groups is 2. The molecule has 0 radical (unpaired) electrons. The fourth-order valence-electron chi connectivity index (χ4n) is 1.69. The predicted molar refractivity (Wildman–Crippen MR) is 67.7 cm³/mol. The Bertz CT molecular complexity index is 284. The van der Waals surface area contributed by atoms with Gasteiger partial charge in [0.1, 0.15) is 6.54 Å². The van der Waals surface area contributed by atoms with E-state index in [9.17, 15) is 9.59 Å². The first-order valence-electron chi connectivity index (χ1n) is 5.93. The van der Waals surface area contributed by atoms with Crippen molar-refractivity contribution in [3.05, 3.63) is 0 Å². The number of carboxylic acid groups (broad SMARTS) is 1. The lowest BCUT2D eigenvalue weighted by atomic mass is 9.71. The molecule has 0 aliphatic heterocycles. The Balaban J connectivity index is 4.70. The van der Waals surface area contributed by atoms with Crippen molar-refractivity contribution in [2.75, 3.05) is 6.54 Å². The van der Waals surface area contributed by atoms with Crippen LogP contribution in [0.3, 0.4) is 0 Å². The summed E-state index contributed by atoms with van der Waals surface area (Å²) in [5.74, 6) is -1.36. The quantitative estimate of drug-likeness (QED) is 0.796. The van der Waals surface area contributed by atoms with E-state index < -0.39 is 5.97 Å². The maximum Gasteiger partial charge on any atom is 0.322 e. The number of carbonyl (C=O) groups excluding carboxylic acids is 1. The minimum absolute atomic E-state index is 0.0402. The maximum absolute atomic E-state index is 12.0. The van der Waals surface area contributed by atoms with Gasteiger partial charge >= 0.3 is 5.97 Å². The van der Waals surface area contributed by atoms with Crippen molar-refractivity contribution in [2.24, 2.45) is 16.7 Å². The summed E-state index contributed by atoms with van der Waals surface area (Å²) in [4.78, 5) is 22.4. The van der Waals surface area contributed by atoms with Gasteiger partial charge in [0.15, 0.2) is 0 Å². The molecule has 4 heteroatoms. The molecule has 1 amide bonds. The first-order valence-corrected chi connectivity index (χ1v) is 5.93. The fraction of sp³-hybridized carbons (Fsp3) is 0.846.